The molecule has 0 radical (unpaired) electrons. The van der Waals surface area contributed by atoms with Gasteiger partial charge in [0.15, 0.2) is 6.10 Å². The van der Waals surface area contributed by atoms with Crippen LogP contribution in [0.1, 0.15) is 284 Å². The Morgan fingerprint density at radius 2 is 0.740 bits per heavy atom. The number of hydrogen-bond acceptors (Lipinski definition) is 7. The predicted octanol–water partition coefficient (Wildman–Crippen LogP) is 19.4. The largest absolute Gasteiger partial charge is 0.477 e. The molecule has 0 aliphatic carbocycles. The number of esters is 2. The molecule has 2 unspecified atom stereocenters. The maximum absolute atomic E-state index is 12.9. The molecule has 0 aromatic rings. The summed E-state index contributed by atoms with van der Waals surface area (Å²) >= 11 is 0. The monoisotopic (exact) mass is 1080 g/mol. The van der Waals surface area contributed by atoms with Gasteiger partial charge in [-0.15, -0.1) is 0 Å². The summed E-state index contributed by atoms with van der Waals surface area (Å²) < 4.78 is 22.9. The van der Waals surface area contributed by atoms with Gasteiger partial charge in [0, 0.05) is 12.8 Å². The van der Waals surface area contributed by atoms with E-state index in [1.807, 2.05) is 21.1 Å². The average molecular weight is 1080 g/mol. The number of quaternary nitrogens is 1. The molecule has 0 heterocycles. The number of allylic oxidation sites excluding steroid dienone is 12. The number of carboxylic acids is 1. The highest BCUT2D eigenvalue weighted by atomic mass is 16.7. The number of likely N-dealkylation sites (N-methyl/N-ethyl adjacent to an activating group) is 1. The molecular formula is C68H122NO8+. The first-order valence-corrected chi connectivity index (χ1v) is 32.1. The summed E-state index contributed by atoms with van der Waals surface area (Å²) in [4.78, 5) is 37.4. The quantitative estimate of drug-likeness (QED) is 0.0211. The second-order valence-electron chi connectivity index (χ2n) is 22.7. The van der Waals surface area contributed by atoms with Crippen LogP contribution in [0.25, 0.3) is 0 Å². The van der Waals surface area contributed by atoms with Crippen molar-refractivity contribution in [3.8, 4) is 0 Å². The van der Waals surface area contributed by atoms with Gasteiger partial charge >= 0.3 is 17.9 Å². The second kappa shape index (κ2) is 58.9. The molecule has 0 fully saturated rings. The molecule has 446 valence electrons. The van der Waals surface area contributed by atoms with Crippen molar-refractivity contribution in [1.29, 1.82) is 0 Å². The summed E-state index contributed by atoms with van der Waals surface area (Å²) in [7, 11) is 5.97. The first kappa shape index (κ1) is 73.7. The number of hydrogen-bond donors (Lipinski definition) is 1. The van der Waals surface area contributed by atoms with Crippen LogP contribution in [0.5, 0.6) is 0 Å². The molecule has 0 aliphatic rings. The fourth-order valence-electron chi connectivity index (χ4n) is 9.04. The Hall–Kier alpha value is -3.27. The Kier molecular flexibility index (Phi) is 56.4. The summed E-state index contributed by atoms with van der Waals surface area (Å²) in [5.74, 6) is -2.01. The number of ether oxygens (including phenoxy) is 4. The molecule has 0 aliphatic heterocycles. The van der Waals surface area contributed by atoms with E-state index in [1.54, 1.807) is 0 Å². The third-order valence-corrected chi connectivity index (χ3v) is 13.9. The number of nitrogens with zero attached hydrogens (tertiary/aromatic N) is 1. The van der Waals surface area contributed by atoms with Gasteiger partial charge in [-0.05, 0) is 83.5 Å². The van der Waals surface area contributed by atoms with Crippen LogP contribution in [0.4, 0.5) is 0 Å². The smallest absolute Gasteiger partial charge is 0.361 e. The maximum atomic E-state index is 12.9. The van der Waals surface area contributed by atoms with Crippen LogP contribution >= 0.6 is 0 Å². The van der Waals surface area contributed by atoms with Crippen molar-refractivity contribution in [2.45, 2.75) is 296 Å². The van der Waals surface area contributed by atoms with Crippen LogP contribution in [-0.2, 0) is 33.3 Å². The summed E-state index contributed by atoms with van der Waals surface area (Å²) in [6.45, 7) is 4.74. The average Bonchev–Trinajstić information content (AvgIpc) is 3.40. The van der Waals surface area contributed by atoms with Crippen LogP contribution in [0.15, 0.2) is 72.9 Å². The van der Waals surface area contributed by atoms with E-state index < -0.39 is 24.3 Å². The van der Waals surface area contributed by atoms with Gasteiger partial charge < -0.3 is 28.5 Å². The molecule has 0 aromatic heterocycles. The molecule has 9 nitrogen and oxygen atoms in total. The summed E-state index contributed by atoms with van der Waals surface area (Å²) in [6, 6.07) is 0. The van der Waals surface area contributed by atoms with Crippen LogP contribution in [0.2, 0.25) is 0 Å². The van der Waals surface area contributed by atoms with Crippen LogP contribution in [0, 0.1) is 0 Å². The van der Waals surface area contributed by atoms with Crippen LogP contribution in [-0.4, -0.2) is 87.4 Å². The molecule has 0 aromatic carbocycles. The third kappa shape index (κ3) is 60.2. The molecule has 0 spiro atoms. The van der Waals surface area contributed by atoms with Gasteiger partial charge in [-0.2, -0.15) is 0 Å². The minimum absolute atomic E-state index is 0.185. The van der Waals surface area contributed by atoms with E-state index in [-0.39, 0.29) is 38.6 Å². The standard InChI is InChI=1S/C68H121NO8/c1-6-8-10-12-14-16-18-20-22-23-24-25-26-27-28-29-30-31-32-33-34-35-36-37-38-39-40-41-42-43-45-47-49-51-53-55-57-59-66(71)77-64(63-76-68(67(72)73)74-61-60-69(3,4)5)62-75-65(70)58-56-54-52-50-48-46-44-21-19-17-15-13-11-9-7-2/h8,10,14-17,20-22,24-25,44,64,68H,6-7,9,11-13,18-19,23,26-43,45-63H2,1-5H3/p+1/b10-8-,16-14-,17-15-,22-20-,25-24-,44-21-. The topological polar surface area (TPSA) is 108 Å². The van der Waals surface area contributed by atoms with Gasteiger partial charge in [0.2, 0.25) is 0 Å². The van der Waals surface area contributed by atoms with Gasteiger partial charge in [0.05, 0.1) is 34.4 Å². The van der Waals surface area contributed by atoms with Crippen molar-refractivity contribution >= 4 is 17.9 Å². The highest BCUT2D eigenvalue weighted by molar-refractivity contribution is 5.71. The van der Waals surface area contributed by atoms with E-state index in [9.17, 15) is 19.5 Å². The SMILES string of the molecule is CC/C=C\C/C=C\C/C=C\C/C=C\CCCCCCCCCCCCCCCCCCCCCCCCCCC(=O)OC(COC(=O)CCCCCCC/C=C\C/C=C\CCCCC)COC(OCC[N+](C)(C)C)C(=O)O. The zero-order chi connectivity index (χ0) is 56.2. The van der Waals surface area contributed by atoms with Gasteiger partial charge in [-0.1, -0.05) is 260 Å². The fourth-order valence-corrected chi connectivity index (χ4v) is 9.04. The first-order chi connectivity index (χ1) is 37.6. The van der Waals surface area contributed by atoms with Gasteiger partial charge in [0.25, 0.3) is 6.29 Å². The van der Waals surface area contributed by atoms with Crippen molar-refractivity contribution < 1.29 is 42.9 Å². The zero-order valence-electron chi connectivity index (χ0n) is 50.9. The molecule has 0 saturated heterocycles. The van der Waals surface area contributed by atoms with Crippen molar-refractivity contribution in [3.05, 3.63) is 72.9 Å². The van der Waals surface area contributed by atoms with E-state index in [0.29, 0.717) is 11.0 Å². The molecule has 0 bridgehead atoms. The fraction of sp³-hybridized carbons (Fsp3) is 0.779. The minimum atomic E-state index is -1.51. The van der Waals surface area contributed by atoms with Gasteiger partial charge in [-0.25, -0.2) is 4.79 Å². The van der Waals surface area contributed by atoms with E-state index >= 15 is 0 Å². The van der Waals surface area contributed by atoms with Gasteiger partial charge in [0.1, 0.15) is 13.2 Å². The molecule has 0 amide bonds. The van der Waals surface area contributed by atoms with E-state index in [1.165, 1.54) is 167 Å². The molecule has 9 heteroatoms. The maximum Gasteiger partial charge on any atom is 0.361 e. The molecule has 77 heavy (non-hydrogen) atoms. The summed E-state index contributed by atoms with van der Waals surface area (Å²) in [6.07, 6.45) is 74.4. The lowest BCUT2D eigenvalue weighted by atomic mass is 10.0. The highest BCUT2D eigenvalue weighted by Crippen LogP contribution is 2.17. The number of aliphatic carboxylic acids is 1. The van der Waals surface area contributed by atoms with Crippen molar-refractivity contribution in [3.63, 3.8) is 0 Å². The zero-order valence-corrected chi connectivity index (χ0v) is 50.9. The molecule has 2 atom stereocenters. The number of carboxylic acid groups (broad SMARTS) is 1. The first-order valence-electron chi connectivity index (χ1n) is 32.1. The number of unbranched alkanes of at least 4 members (excludes halogenated alkanes) is 32. The number of rotatable bonds is 59. The lowest BCUT2D eigenvalue weighted by Crippen LogP contribution is -2.40. The highest BCUT2D eigenvalue weighted by Gasteiger charge is 2.25. The normalized spacial score (nSPS) is 13.2. The van der Waals surface area contributed by atoms with E-state index in [4.69, 9.17) is 18.9 Å². The molecular weight excluding hydrogens is 959 g/mol. The van der Waals surface area contributed by atoms with E-state index in [0.717, 1.165) is 89.9 Å². The Morgan fingerprint density at radius 3 is 1.10 bits per heavy atom. The molecule has 1 N–H and O–H groups in total. The Balaban J connectivity index is 4.00. The lowest BCUT2D eigenvalue weighted by molar-refractivity contribution is -0.870. The lowest BCUT2D eigenvalue weighted by Gasteiger charge is -2.25. The minimum Gasteiger partial charge on any atom is -0.477 e. The summed E-state index contributed by atoms with van der Waals surface area (Å²) in [5.41, 5.74) is 0. The Labute approximate surface area is 475 Å². The Morgan fingerprint density at radius 1 is 0.403 bits per heavy atom. The molecule has 0 rings (SSSR count). The van der Waals surface area contributed by atoms with Crippen molar-refractivity contribution in [2.24, 2.45) is 0 Å². The predicted molar refractivity (Wildman–Crippen MR) is 327 cm³/mol. The Bertz CT molecular complexity index is 1490. The second-order valence-corrected chi connectivity index (χ2v) is 22.7. The van der Waals surface area contributed by atoms with Crippen molar-refractivity contribution in [2.75, 3.05) is 47.5 Å². The summed E-state index contributed by atoms with van der Waals surface area (Å²) in [5, 5.41) is 9.71. The van der Waals surface area contributed by atoms with Gasteiger partial charge in [-0.3, -0.25) is 9.59 Å². The number of carbonyl (C=O) groups excluding carboxylic acids is 2. The number of carbonyl (C=O) groups is 3. The molecule has 0 saturated carbocycles. The van der Waals surface area contributed by atoms with Crippen molar-refractivity contribution in [1.82, 2.24) is 0 Å². The van der Waals surface area contributed by atoms with Crippen LogP contribution in [0.3, 0.4) is 0 Å². The van der Waals surface area contributed by atoms with E-state index in [2.05, 4.69) is 86.8 Å². The van der Waals surface area contributed by atoms with Crippen LogP contribution < -0.4 is 0 Å². The third-order valence-electron chi connectivity index (χ3n) is 13.9.